The molecule has 0 aliphatic carbocycles. The fourth-order valence-corrected chi connectivity index (χ4v) is 4.49. The largest absolute Gasteiger partial charge is 0.333 e. The van der Waals surface area contributed by atoms with Gasteiger partial charge in [-0.25, -0.2) is 4.79 Å². The van der Waals surface area contributed by atoms with E-state index in [-0.39, 0.29) is 6.03 Å². The predicted octanol–water partition coefficient (Wildman–Crippen LogP) is 2.19. The third kappa shape index (κ3) is 2.73. The highest BCUT2D eigenvalue weighted by atomic mass is 32.2. The molecule has 1 unspecified atom stereocenters. The summed E-state index contributed by atoms with van der Waals surface area (Å²) in [7, 11) is 0. The number of piperidine rings is 3. The lowest BCUT2D eigenvalue weighted by Gasteiger charge is -2.45. The fraction of sp³-hybridized carbons (Fsp3) is 0.500. The maximum atomic E-state index is 12.5. The van der Waals surface area contributed by atoms with E-state index in [1.54, 1.807) is 29.1 Å². The van der Waals surface area contributed by atoms with Gasteiger partial charge in [-0.15, -0.1) is 11.8 Å². The number of aromatic nitrogens is 1. The molecule has 0 radical (unpaired) electrons. The maximum Gasteiger partial charge on any atom is 0.322 e. The van der Waals surface area contributed by atoms with Gasteiger partial charge in [0, 0.05) is 36.1 Å². The van der Waals surface area contributed by atoms with Gasteiger partial charge in [0.15, 0.2) is 0 Å². The summed E-state index contributed by atoms with van der Waals surface area (Å²) in [6, 6.07) is 4.31. The summed E-state index contributed by atoms with van der Waals surface area (Å²) < 4.78 is 0. The van der Waals surface area contributed by atoms with Crippen molar-refractivity contribution in [2.45, 2.75) is 18.9 Å². The zero-order chi connectivity index (χ0) is 14.9. The van der Waals surface area contributed by atoms with Crippen molar-refractivity contribution in [2.75, 3.05) is 25.5 Å². The molecule has 1 N–H and O–H groups in total. The Morgan fingerprint density at radius 3 is 2.73 bits per heavy atom. The molecule has 0 aromatic carbocycles. The van der Waals surface area contributed by atoms with Crippen molar-refractivity contribution in [1.82, 2.24) is 20.1 Å². The minimum absolute atomic E-state index is 0.0373. The monoisotopic (exact) mass is 316 g/mol. The van der Waals surface area contributed by atoms with E-state index < -0.39 is 0 Å². The number of hydrogen-bond donors (Lipinski definition) is 1. The van der Waals surface area contributed by atoms with Crippen LogP contribution in [0.3, 0.4) is 0 Å². The molecule has 5 rings (SSSR count). The molecule has 22 heavy (non-hydrogen) atoms. The first-order valence-corrected chi connectivity index (χ1v) is 8.83. The number of carbonyl (C=O) groups is 1. The molecule has 5 heterocycles. The van der Waals surface area contributed by atoms with E-state index in [9.17, 15) is 4.79 Å². The Hall–Kier alpha value is -1.53. The third-order valence-electron chi connectivity index (χ3n) is 4.82. The molecule has 3 fully saturated rings. The number of fused-ring (bicyclic) bond motifs is 3. The van der Waals surface area contributed by atoms with Gasteiger partial charge in [0.2, 0.25) is 0 Å². The Kier molecular flexibility index (Phi) is 3.80. The highest BCUT2D eigenvalue weighted by Gasteiger charge is 2.35. The first kappa shape index (κ1) is 14.1. The van der Waals surface area contributed by atoms with Gasteiger partial charge in [0.05, 0.1) is 5.88 Å². The van der Waals surface area contributed by atoms with Crippen molar-refractivity contribution in [3.63, 3.8) is 0 Å². The van der Waals surface area contributed by atoms with Gasteiger partial charge >= 0.3 is 6.03 Å². The zero-order valence-electron chi connectivity index (χ0n) is 12.4. The van der Waals surface area contributed by atoms with Crippen LogP contribution in [0.5, 0.6) is 0 Å². The number of carbonyl (C=O) groups excluding carboxylic acids is 1. The summed E-state index contributed by atoms with van der Waals surface area (Å²) in [5.41, 5.74) is 1.12. The number of nitrogens with one attached hydrogen (secondary N) is 1. The second-order valence-electron chi connectivity index (χ2n) is 6.17. The Morgan fingerprint density at radius 2 is 2.05 bits per heavy atom. The van der Waals surface area contributed by atoms with Crippen LogP contribution in [0.15, 0.2) is 30.7 Å². The van der Waals surface area contributed by atoms with Gasteiger partial charge in [-0.1, -0.05) is 0 Å². The van der Waals surface area contributed by atoms with Crippen molar-refractivity contribution in [3.8, 4) is 0 Å². The number of thioether (sulfide) groups is 1. The van der Waals surface area contributed by atoms with Crippen LogP contribution in [0.1, 0.15) is 18.4 Å². The van der Waals surface area contributed by atoms with Gasteiger partial charge < -0.3 is 10.2 Å². The van der Waals surface area contributed by atoms with Crippen molar-refractivity contribution in [2.24, 2.45) is 5.92 Å². The average molecular weight is 316 g/mol. The highest BCUT2D eigenvalue weighted by Crippen LogP contribution is 2.34. The first-order chi connectivity index (χ1) is 10.8. The molecule has 1 aromatic rings. The Morgan fingerprint density at radius 1 is 1.27 bits per heavy atom. The van der Waals surface area contributed by atoms with E-state index in [0.717, 1.165) is 17.0 Å². The van der Waals surface area contributed by atoms with E-state index in [4.69, 9.17) is 0 Å². The Labute approximate surface area is 134 Å². The molecule has 0 spiro atoms. The highest BCUT2D eigenvalue weighted by molar-refractivity contribution is 8.08. The minimum atomic E-state index is 0.0373. The topological polar surface area (TPSA) is 48.5 Å². The number of hydrogen-bond acceptors (Lipinski definition) is 4. The Balaban J connectivity index is 1.40. The second kappa shape index (κ2) is 5.93. The van der Waals surface area contributed by atoms with Crippen LogP contribution in [-0.4, -0.2) is 52.4 Å². The van der Waals surface area contributed by atoms with Crippen LogP contribution in [0.4, 0.5) is 4.79 Å². The quantitative estimate of drug-likeness (QED) is 0.909. The fourth-order valence-electron chi connectivity index (χ4n) is 3.52. The van der Waals surface area contributed by atoms with E-state index in [2.05, 4.69) is 15.2 Å². The van der Waals surface area contributed by atoms with E-state index in [0.29, 0.717) is 17.8 Å². The summed E-state index contributed by atoms with van der Waals surface area (Å²) in [5, 5.41) is 3.24. The van der Waals surface area contributed by atoms with Gasteiger partial charge in [0.1, 0.15) is 0 Å². The van der Waals surface area contributed by atoms with Crippen molar-refractivity contribution >= 4 is 22.7 Å². The molecule has 3 saturated heterocycles. The van der Waals surface area contributed by atoms with E-state index >= 15 is 0 Å². The lowest BCUT2D eigenvalue weighted by Crippen LogP contribution is -2.58. The van der Waals surface area contributed by atoms with Gasteiger partial charge in [-0.3, -0.25) is 9.88 Å². The summed E-state index contributed by atoms with van der Waals surface area (Å²) in [4.78, 5) is 21.9. The number of pyridine rings is 1. The SMILES string of the molecule is O=C(NC1CN2CCC1CC2)N1C=C(c2ccncc2)SC1. The van der Waals surface area contributed by atoms with Crippen molar-refractivity contribution < 1.29 is 4.79 Å². The summed E-state index contributed by atoms with van der Waals surface area (Å²) in [6.45, 7) is 3.41. The third-order valence-corrected chi connectivity index (χ3v) is 5.88. The van der Waals surface area contributed by atoms with Crippen LogP contribution in [-0.2, 0) is 0 Å². The van der Waals surface area contributed by atoms with Crippen molar-refractivity contribution in [3.05, 3.63) is 36.3 Å². The van der Waals surface area contributed by atoms with Crippen LogP contribution in [0.25, 0.3) is 4.91 Å². The van der Waals surface area contributed by atoms with Gasteiger partial charge in [-0.05, 0) is 49.5 Å². The lowest BCUT2D eigenvalue weighted by molar-refractivity contribution is 0.0748. The van der Waals surface area contributed by atoms with Gasteiger partial charge in [-0.2, -0.15) is 0 Å². The smallest absolute Gasteiger partial charge is 0.322 e. The second-order valence-corrected chi connectivity index (χ2v) is 7.15. The normalized spacial score (nSPS) is 30.3. The average Bonchev–Trinajstić information content (AvgIpc) is 3.07. The molecular formula is C16H20N4OS. The molecule has 5 nitrogen and oxygen atoms in total. The Bertz CT molecular complexity index is 583. The van der Waals surface area contributed by atoms with E-state index in [1.165, 1.54) is 25.9 Å². The summed E-state index contributed by atoms with van der Waals surface area (Å²) in [5.74, 6) is 1.35. The van der Waals surface area contributed by atoms with Crippen LogP contribution < -0.4 is 5.32 Å². The molecule has 6 heteroatoms. The summed E-state index contributed by atoms with van der Waals surface area (Å²) >= 11 is 1.70. The van der Waals surface area contributed by atoms with Crippen LogP contribution in [0.2, 0.25) is 0 Å². The predicted molar refractivity (Wildman–Crippen MR) is 88.0 cm³/mol. The number of urea groups is 1. The molecule has 2 bridgehead atoms. The lowest BCUT2D eigenvalue weighted by atomic mass is 9.84. The maximum absolute atomic E-state index is 12.5. The van der Waals surface area contributed by atoms with Crippen molar-refractivity contribution in [1.29, 1.82) is 0 Å². The zero-order valence-corrected chi connectivity index (χ0v) is 13.3. The molecule has 4 aliphatic rings. The number of rotatable bonds is 2. The van der Waals surface area contributed by atoms with E-state index in [1.807, 2.05) is 18.3 Å². The number of amides is 2. The number of nitrogens with zero attached hydrogens (tertiary/aromatic N) is 3. The molecule has 0 saturated carbocycles. The molecule has 4 aliphatic heterocycles. The summed E-state index contributed by atoms with van der Waals surface area (Å²) in [6.07, 6.45) is 7.96. The molecule has 1 aromatic heterocycles. The first-order valence-electron chi connectivity index (χ1n) is 7.84. The van der Waals surface area contributed by atoms with Crippen LogP contribution >= 0.6 is 11.8 Å². The standard InChI is InChI=1S/C16H20N4OS/c21-16(18-14-9-19-7-3-12(14)4-8-19)20-10-15(22-11-20)13-1-5-17-6-2-13/h1-2,5-6,10,12,14H,3-4,7-9,11H2,(H,18,21). The minimum Gasteiger partial charge on any atom is -0.333 e. The molecular weight excluding hydrogens is 296 g/mol. The molecule has 2 amide bonds. The molecule has 1 atom stereocenters. The van der Waals surface area contributed by atoms with Gasteiger partial charge in [0.25, 0.3) is 0 Å². The molecule has 116 valence electrons. The van der Waals surface area contributed by atoms with Crippen LogP contribution in [0, 0.1) is 5.92 Å².